The van der Waals surface area contributed by atoms with Gasteiger partial charge in [-0.25, -0.2) is 0 Å². The molecule has 6 nitrogen and oxygen atoms in total. The predicted molar refractivity (Wildman–Crippen MR) is 79.1 cm³/mol. The summed E-state index contributed by atoms with van der Waals surface area (Å²) in [5.41, 5.74) is 0.348. The zero-order valence-electron chi connectivity index (χ0n) is 11.4. The van der Waals surface area contributed by atoms with E-state index in [-0.39, 0.29) is 11.6 Å². The number of aryl methyl sites for hydroxylation is 1. The molecule has 0 radical (unpaired) electrons. The fraction of sp³-hybridized carbons (Fsp3) is 0.615. The molecule has 1 unspecified atom stereocenters. The number of halogens is 1. The number of carbonyl (C=O) groups excluding carboxylic acids is 1. The van der Waals surface area contributed by atoms with Crippen molar-refractivity contribution in [1.82, 2.24) is 9.47 Å². The average Bonchev–Trinajstić information content (AvgIpc) is 2.81. The van der Waals surface area contributed by atoms with E-state index in [9.17, 15) is 14.9 Å². The Kier molecular flexibility index (Phi) is 4.80. The quantitative estimate of drug-likeness (QED) is 0.479. The van der Waals surface area contributed by atoms with Gasteiger partial charge in [-0.1, -0.05) is 15.9 Å². The largest absolute Gasteiger partial charge is 0.340 e. The molecule has 1 amide bonds. The Balaban J connectivity index is 2.12. The zero-order valence-corrected chi connectivity index (χ0v) is 13.0. The number of carbonyl (C=O) groups is 1. The third-order valence-electron chi connectivity index (χ3n) is 3.74. The molecular formula is C13H18BrN3O3. The van der Waals surface area contributed by atoms with Gasteiger partial charge in [0.1, 0.15) is 5.69 Å². The molecule has 1 saturated heterocycles. The molecule has 1 fully saturated rings. The molecule has 0 saturated carbocycles. The lowest BCUT2D eigenvalue weighted by atomic mass is 9.95. The van der Waals surface area contributed by atoms with E-state index >= 15 is 0 Å². The van der Waals surface area contributed by atoms with Crippen molar-refractivity contribution in [3.63, 3.8) is 0 Å². The summed E-state index contributed by atoms with van der Waals surface area (Å²) >= 11 is 3.44. The Hall–Kier alpha value is -1.37. The van der Waals surface area contributed by atoms with E-state index < -0.39 is 4.92 Å². The number of piperidine rings is 1. The maximum Gasteiger partial charge on any atom is 0.287 e. The first-order chi connectivity index (χ1) is 9.52. The average molecular weight is 344 g/mol. The van der Waals surface area contributed by atoms with Gasteiger partial charge in [0.05, 0.1) is 11.1 Å². The second-order valence-electron chi connectivity index (χ2n) is 5.19. The van der Waals surface area contributed by atoms with Gasteiger partial charge >= 0.3 is 0 Å². The van der Waals surface area contributed by atoms with Crippen molar-refractivity contribution in [2.75, 3.05) is 18.4 Å². The standard InChI is InChI=1S/C13H18BrN3O3/c1-15-9-11(17(19)20)7-12(15)13(18)16-6-2-3-10(8-16)4-5-14/h7,9-10H,2-6,8H2,1H3. The maximum atomic E-state index is 12.5. The topological polar surface area (TPSA) is 68.4 Å². The number of aromatic nitrogens is 1. The predicted octanol–water partition coefficient (Wildman–Crippen LogP) is 2.57. The first-order valence-electron chi connectivity index (χ1n) is 6.69. The summed E-state index contributed by atoms with van der Waals surface area (Å²) < 4.78 is 1.54. The molecule has 110 valence electrons. The van der Waals surface area contributed by atoms with Gasteiger partial charge in [0.15, 0.2) is 0 Å². The van der Waals surface area contributed by atoms with E-state index in [1.54, 1.807) is 7.05 Å². The van der Waals surface area contributed by atoms with Gasteiger partial charge in [-0.2, -0.15) is 0 Å². The molecule has 20 heavy (non-hydrogen) atoms. The highest BCUT2D eigenvalue weighted by molar-refractivity contribution is 9.09. The summed E-state index contributed by atoms with van der Waals surface area (Å²) in [5, 5.41) is 11.7. The van der Waals surface area contributed by atoms with Crippen molar-refractivity contribution in [3.8, 4) is 0 Å². The number of amides is 1. The van der Waals surface area contributed by atoms with Crippen LogP contribution in [0.4, 0.5) is 5.69 Å². The molecule has 1 aromatic rings. The Bertz CT molecular complexity index is 513. The molecule has 1 aliphatic rings. The molecule has 0 N–H and O–H groups in total. The second kappa shape index (κ2) is 6.39. The minimum atomic E-state index is -0.472. The minimum Gasteiger partial charge on any atom is -0.340 e. The second-order valence-corrected chi connectivity index (χ2v) is 5.98. The zero-order chi connectivity index (χ0) is 14.7. The summed E-state index contributed by atoms with van der Waals surface area (Å²) in [6.07, 6.45) is 4.57. The molecule has 0 aromatic carbocycles. The van der Waals surface area contributed by atoms with Crippen molar-refractivity contribution in [3.05, 3.63) is 28.1 Å². The fourth-order valence-corrected chi connectivity index (χ4v) is 3.31. The number of rotatable bonds is 4. The molecular weight excluding hydrogens is 326 g/mol. The molecule has 7 heteroatoms. The molecule has 2 heterocycles. The Morgan fingerprint density at radius 3 is 2.95 bits per heavy atom. The summed E-state index contributed by atoms with van der Waals surface area (Å²) in [6.45, 7) is 1.47. The lowest BCUT2D eigenvalue weighted by molar-refractivity contribution is -0.384. The first-order valence-corrected chi connectivity index (χ1v) is 7.81. The van der Waals surface area contributed by atoms with Crippen LogP contribution in [0.5, 0.6) is 0 Å². The lowest BCUT2D eigenvalue weighted by Crippen LogP contribution is -2.40. The molecule has 2 rings (SSSR count). The van der Waals surface area contributed by atoms with Gasteiger partial charge in [-0.05, 0) is 25.2 Å². The van der Waals surface area contributed by atoms with Crippen molar-refractivity contribution in [1.29, 1.82) is 0 Å². The number of nitro groups is 1. The molecule has 0 aliphatic carbocycles. The van der Waals surface area contributed by atoms with E-state index in [4.69, 9.17) is 0 Å². The summed E-state index contributed by atoms with van der Waals surface area (Å²) in [7, 11) is 1.67. The maximum absolute atomic E-state index is 12.5. The van der Waals surface area contributed by atoms with Crippen molar-refractivity contribution >= 4 is 27.5 Å². The monoisotopic (exact) mass is 343 g/mol. The smallest absolute Gasteiger partial charge is 0.287 e. The van der Waals surface area contributed by atoms with Crippen LogP contribution in [0.2, 0.25) is 0 Å². The number of nitrogens with zero attached hydrogens (tertiary/aromatic N) is 3. The van der Waals surface area contributed by atoms with Gasteiger partial charge < -0.3 is 9.47 Å². The highest BCUT2D eigenvalue weighted by atomic mass is 79.9. The summed E-state index contributed by atoms with van der Waals surface area (Å²) in [5.74, 6) is 0.405. The Morgan fingerprint density at radius 2 is 2.35 bits per heavy atom. The van der Waals surface area contributed by atoms with Crippen molar-refractivity contribution in [2.24, 2.45) is 13.0 Å². The highest BCUT2D eigenvalue weighted by Crippen LogP contribution is 2.23. The van der Waals surface area contributed by atoms with Gasteiger partial charge in [-0.15, -0.1) is 0 Å². The molecule has 0 bridgehead atoms. The summed E-state index contributed by atoms with van der Waals surface area (Å²) in [6, 6.07) is 1.36. The van der Waals surface area contributed by atoms with E-state index in [1.807, 2.05) is 4.90 Å². The van der Waals surface area contributed by atoms with Crippen LogP contribution in [0.1, 0.15) is 29.8 Å². The van der Waals surface area contributed by atoms with Gasteiger partial charge in [0, 0.05) is 31.5 Å². The fourth-order valence-electron chi connectivity index (χ4n) is 2.66. The van der Waals surface area contributed by atoms with Crippen LogP contribution in [0, 0.1) is 16.0 Å². The SMILES string of the molecule is Cn1cc([N+](=O)[O-])cc1C(=O)N1CCCC(CCBr)C1. The number of likely N-dealkylation sites (tertiary alicyclic amines) is 1. The Labute approximate surface area is 126 Å². The van der Waals surface area contributed by atoms with E-state index in [1.165, 1.54) is 16.8 Å². The number of alkyl halides is 1. The van der Waals surface area contributed by atoms with Gasteiger partial charge in [0.25, 0.3) is 11.6 Å². The molecule has 1 aliphatic heterocycles. The van der Waals surface area contributed by atoms with Crippen LogP contribution in [0.15, 0.2) is 12.3 Å². The molecule has 1 atom stereocenters. The minimum absolute atomic E-state index is 0.0372. The van der Waals surface area contributed by atoms with E-state index in [0.717, 1.165) is 37.7 Å². The van der Waals surface area contributed by atoms with Crippen molar-refractivity contribution in [2.45, 2.75) is 19.3 Å². The third-order valence-corrected chi connectivity index (χ3v) is 4.20. The normalized spacial score (nSPS) is 19.1. The number of hydrogen-bond donors (Lipinski definition) is 0. The lowest BCUT2D eigenvalue weighted by Gasteiger charge is -2.32. The highest BCUT2D eigenvalue weighted by Gasteiger charge is 2.27. The third kappa shape index (κ3) is 3.20. The van der Waals surface area contributed by atoms with Crippen molar-refractivity contribution < 1.29 is 9.72 Å². The van der Waals surface area contributed by atoms with Crippen LogP contribution in [0.3, 0.4) is 0 Å². The summed E-state index contributed by atoms with van der Waals surface area (Å²) in [4.78, 5) is 24.6. The first kappa shape index (κ1) is 15.0. The van der Waals surface area contributed by atoms with Crippen LogP contribution in [-0.4, -0.2) is 38.7 Å². The van der Waals surface area contributed by atoms with Gasteiger partial charge in [-0.3, -0.25) is 14.9 Å². The van der Waals surface area contributed by atoms with E-state index in [2.05, 4.69) is 15.9 Å². The van der Waals surface area contributed by atoms with Crippen LogP contribution in [-0.2, 0) is 7.05 Å². The van der Waals surface area contributed by atoms with E-state index in [0.29, 0.717) is 11.6 Å². The number of hydrogen-bond acceptors (Lipinski definition) is 3. The van der Waals surface area contributed by atoms with Crippen LogP contribution >= 0.6 is 15.9 Å². The van der Waals surface area contributed by atoms with Crippen LogP contribution < -0.4 is 0 Å². The van der Waals surface area contributed by atoms with Crippen LogP contribution in [0.25, 0.3) is 0 Å². The Morgan fingerprint density at radius 1 is 1.60 bits per heavy atom. The molecule has 1 aromatic heterocycles. The van der Waals surface area contributed by atoms with Gasteiger partial charge in [0.2, 0.25) is 0 Å². The molecule has 0 spiro atoms.